The number of likely N-dealkylation sites (N-methyl/N-ethyl adjacent to an activating group) is 1. The minimum atomic E-state index is -0.758. The first-order valence-electron chi connectivity index (χ1n) is 17.1. The Hall–Kier alpha value is -4.85. The van der Waals surface area contributed by atoms with E-state index in [1.165, 1.54) is 22.0 Å². The quantitative estimate of drug-likeness (QED) is 0.176. The van der Waals surface area contributed by atoms with Crippen LogP contribution in [0.15, 0.2) is 54.0 Å². The molecule has 3 aromatic heterocycles. The molecule has 11 nitrogen and oxygen atoms in total. The Morgan fingerprint density at radius 2 is 1.98 bits per heavy atom. The Kier molecular flexibility index (Phi) is 10.4. The van der Waals surface area contributed by atoms with Crippen LogP contribution < -0.4 is 21.5 Å². The first-order valence-corrected chi connectivity index (χ1v) is 18.3. The van der Waals surface area contributed by atoms with Crippen molar-refractivity contribution >= 4 is 66.7 Å². The highest BCUT2D eigenvalue weighted by Crippen LogP contribution is 2.44. The summed E-state index contributed by atoms with van der Waals surface area (Å²) in [6.45, 7) is 12.8. The number of fused-ring (bicyclic) bond motifs is 2. The van der Waals surface area contributed by atoms with Crippen molar-refractivity contribution in [2.75, 3.05) is 57.5 Å². The summed E-state index contributed by atoms with van der Waals surface area (Å²) in [5.74, 6) is -1.75. The molecule has 14 heteroatoms. The third-order valence-corrected chi connectivity index (χ3v) is 10.6. The molecule has 272 valence electrons. The van der Waals surface area contributed by atoms with Gasteiger partial charge in [0.25, 0.3) is 11.5 Å². The summed E-state index contributed by atoms with van der Waals surface area (Å²) in [5, 5.41) is 3.57. The van der Waals surface area contributed by atoms with Crippen molar-refractivity contribution in [1.82, 2.24) is 29.7 Å². The topological polar surface area (TPSA) is 130 Å². The van der Waals surface area contributed by atoms with Crippen LogP contribution in [0.4, 0.5) is 15.2 Å². The number of amides is 2. The SMILES string of the molecule is C=CC(=O)N1CCN(c2c(C(=O)NCCN(C)C)c(=O)n(-c3c(C)ccnc3C(C)C)c3c(F)c(-c4cccc5sc(N)nc45)c(Cl)cc23)C[C@H]1C. The highest BCUT2D eigenvalue weighted by Gasteiger charge is 2.35. The number of hydrogen-bond donors (Lipinski definition) is 2. The number of carbonyl (C=O) groups is 2. The second kappa shape index (κ2) is 14.6. The number of benzene rings is 2. The number of nitrogens with zero attached hydrogens (tertiary/aromatic N) is 6. The standard InChI is InChI=1S/C38H42ClFN8O3S/c1-8-27(49)47-17-16-46(19-22(47)5)34-24-18-25(39)28(23-10-9-11-26-32(23)44-38(41)52-26)30(40)35(24)48(33-21(4)12-13-42-31(33)20(2)3)37(51)29(34)36(50)43-14-15-45(6)7/h8-13,18,20,22H,1,14-17,19H2,2-7H3,(H2,41,44)(H,43,50)/t22-/m1/s1. The maximum Gasteiger partial charge on any atom is 0.270 e. The zero-order valence-electron chi connectivity index (χ0n) is 30.1. The number of aryl methyl sites for hydroxylation is 1. The van der Waals surface area contributed by atoms with Gasteiger partial charge < -0.3 is 25.8 Å². The van der Waals surface area contributed by atoms with Gasteiger partial charge in [-0.15, -0.1) is 0 Å². The van der Waals surface area contributed by atoms with E-state index in [2.05, 4.69) is 21.9 Å². The fraction of sp³-hybridized carbons (Fsp3) is 0.342. The Labute approximate surface area is 310 Å². The molecule has 5 aromatic rings. The molecule has 1 fully saturated rings. The van der Waals surface area contributed by atoms with Crippen LogP contribution >= 0.6 is 22.9 Å². The smallest absolute Gasteiger partial charge is 0.270 e. The molecule has 4 heterocycles. The van der Waals surface area contributed by atoms with Crippen LogP contribution in [-0.4, -0.2) is 89.0 Å². The van der Waals surface area contributed by atoms with Crippen molar-refractivity contribution in [2.24, 2.45) is 0 Å². The van der Waals surface area contributed by atoms with Crippen molar-refractivity contribution in [3.63, 3.8) is 0 Å². The third kappa shape index (κ3) is 6.52. The Balaban J connectivity index is 1.76. The number of pyridine rings is 2. The van der Waals surface area contributed by atoms with Gasteiger partial charge in [-0.2, -0.15) is 0 Å². The number of nitrogen functional groups attached to an aromatic ring is 1. The molecule has 0 saturated carbocycles. The van der Waals surface area contributed by atoms with Crippen molar-refractivity contribution < 1.29 is 14.0 Å². The van der Waals surface area contributed by atoms with Gasteiger partial charge in [0.1, 0.15) is 5.56 Å². The number of para-hydroxylation sites is 1. The van der Waals surface area contributed by atoms with Crippen LogP contribution in [0.5, 0.6) is 0 Å². The largest absolute Gasteiger partial charge is 0.375 e. The maximum atomic E-state index is 17.9. The van der Waals surface area contributed by atoms with Crippen LogP contribution in [-0.2, 0) is 4.79 Å². The van der Waals surface area contributed by atoms with Gasteiger partial charge in [-0.3, -0.25) is 23.9 Å². The summed E-state index contributed by atoms with van der Waals surface area (Å²) in [5.41, 5.74) is 7.98. The van der Waals surface area contributed by atoms with Crippen LogP contribution in [0.1, 0.15) is 48.3 Å². The fourth-order valence-electron chi connectivity index (χ4n) is 6.99. The van der Waals surface area contributed by atoms with E-state index in [1.807, 2.05) is 57.7 Å². The minimum Gasteiger partial charge on any atom is -0.375 e. The van der Waals surface area contributed by atoms with Crippen LogP contribution in [0.3, 0.4) is 0 Å². The van der Waals surface area contributed by atoms with Gasteiger partial charge in [0.15, 0.2) is 10.9 Å². The van der Waals surface area contributed by atoms with Crippen LogP contribution in [0, 0.1) is 12.7 Å². The highest BCUT2D eigenvalue weighted by atomic mass is 35.5. The molecule has 0 bridgehead atoms. The zero-order chi connectivity index (χ0) is 37.6. The van der Waals surface area contributed by atoms with Gasteiger partial charge in [0.2, 0.25) is 5.91 Å². The third-order valence-electron chi connectivity index (χ3n) is 9.43. The van der Waals surface area contributed by atoms with Gasteiger partial charge in [-0.25, -0.2) is 9.37 Å². The van der Waals surface area contributed by atoms with E-state index in [0.717, 1.165) is 4.70 Å². The van der Waals surface area contributed by atoms with Gasteiger partial charge in [-0.05, 0) is 63.7 Å². The predicted octanol–water partition coefficient (Wildman–Crippen LogP) is 5.98. The van der Waals surface area contributed by atoms with E-state index in [-0.39, 0.29) is 70.2 Å². The number of nitrogens with one attached hydrogen (secondary N) is 1. The Bertz CT molecular complexity index is 2300. The number of thiazole rings is 1. The number of carbonyl (C=O) groups excluding carboxylic acids is 2. The van der Waals surface area contributed by atoms with Gasteiger partial charge in [0.05, 0.1) is 37.8 Å². The molecule has 0 radical (unpaired) electrons. The van der Waals surface area contributed by atoms with Crippen molar-refractivity contribution in [3.05, 3.63) is 87.2 Å². The summed E-state index contributed by atoms with van der Waals surface area (Å²) < 4.78 is 19.9. The summed E-state index contributed by atoms with van der Waals surface area (Å²) in [6.07, 6.45) is 2.92. The number of aromatic nitrogens is 3. The van der Waals surface area contributed by atoms with Gasteiger partial charge >= 0.3 is 0 Å². The monoisotopic (exact) mass is 744 g/mol. The molecule has 1 aliphatic heterocycles. The Morgan fingerprint density at radius 3 is 2.65 bits per heavy atom. The van der Waals surface area contributed by atoms with E-state index in [4.69, 9.17) is 17.3 Å². The number of piperazine rings is 1. The van der Waals surface area contributed by atoms with Crippen molar-refractivity contribution in [2.45, 2.75) is 39.7 Å². The molecule has 52 heavy (non-hydrogen) atoms. The molecule has 1 aliphatic rings. The molecule has 0 unspecified atom stereocenters. The normalized spacial score (nSPS) is 14.9. The molecule has 0 spiro atoms. The second-order valence-electron chi connectivity index (χ2n) is 13.6. The summed E-state index contributed by atoms with van der Waals surface area (Å²) in [4.78, 5) is 56.9. The second-order valence-corrected chi connectivity index (χ2v) is 15.1. The van der Waals surface area contributed by atoms with Crippen molar-refractivity contribution in [1.29, 1.82) is 0 Å². The van der Waals surface area contributed by atoms with Crippen LogP contribution in [0.25, 0.3) is 37.9 Å². The molecule has 1 saturated heterocycles. The fourth-order valence-corrected chi connectivity index (χ4v) is 8.04. The average molecular weight is 745 g/mol. The molecule has 1 atom stereocenters. The number of halogens is 2. The lowest BCUT2D eigenvalue weighted by Crippen LogP contribution is -2.54. The molecule has 6 rings (SSSR count). The zero-order valence-corrected chi connectivity index (χ0v) is 31.7. The van der Waals surface area contributed by atoms with Crippen LogP contribution in [0.2, 0.25) is 5.02 Å². The first kappa shape index (κ1) is 36.9. The summed E-state index contributed by atoms with van der Waals surface area (Å²) in [6, 6.07) is 8.42. The maximum absolute atomic E-state index is 17.9. The molecule has 2 amide bonds. The van der Waals surface area contributed by atoms with E-state index in [9.17, 15) is 9.59 Å². The van der Waals surface area contributed by atoms with Gasteiger partial charge in [-0.1, -0.05) is 55.5 Å². The summed E-state index contributed by atoms with van der Waals surface area (Å²) >= 11 is 8.36. The molecular formula is C38H42ClFN8O3S. The Morgan fingerprint density at radius 1 is 1.23 bits per heavy atom. The molecule has 0 aliphatic carbocycles. The summed E-state index contributed by atoms with van der Waals surface area (Å²) in [7, 11) is 3.76. The highest BCUT2D eigenvalue weighted by molar-refractivity contribution is 7.22. The molecular weight excluding hydrogens is 703 g/mol. The lowest BCUT2D eigenvalue weighted by Gasteiger charge is -2.41. The molecule has 2 aromatic carbocycles. The molecule has 3 N–H and O–H groups in total. The number of anilines is 2. The predicted molar refractivity (Wildman–Crippen MR) is 209 cm³/mol. The van der Waals surface area contributed by atoms with E-state index in [1.54, 1.807) is 35.4 Å². The number of rotatable bonds is 9. The minimum absolute atomic E-state index is 0.0507. The lowest BCUT2D eigenvalue weighted by molar-refractivity contribution is -0.128. The number of hydrogen-bond acceptors (Lipinski definition) is 9. The van der Waals surface area contributed by atoms with Gasteiger partial charge in [0, 0.05) is 61.5 Å². The number of nitrogens with two attached hydrogens (primary N) is 1. The van der Waals surface area contributed by atoms with Crippen molar-refractivity contribution in [3.8, 4) is 16.8 Å². The van der Waals surface area contributed by atoms with E-state index in [0.29, 0.717) is 46.2 Å². The lowest BCUT2D eigenvalue weighted by atomic mass is 9.96. The average Bonchev–Trinajstić information content (AvgIpc) is 3.48. The van der Waals surface area contributed by atoms with E-state index < -0.39 is 17.3 Å². The van der Waals surface area contributed by atoms with E-state index >= 15 is 9.18 Å². The first-order chi connectivity index (χ1) is 24.7.